The Morgan fingerprint density at radius 3 is 2.19 bits per heavy atom. The van der Waals surface area contributed by atoms with Gasteiger partial charge in [-0.3, -0.25) is 4.98 Å². The Labute approximate surface area is 100 Å². The van der Waals surface area contributed by atoms with Crippen LogP contribution in [0.5, 0.6) is 0 Å². The maximum Gasteiger partial charge on any atom is 0.337 e. The molecule has 0 aliphatic heterocycles. The number of ether oxygens (including phenoxy) is 1. The Morgan fingerprint density at radius 1 is 1.25 bits per heavy atom. The molecule has 86 valence electrons. The molecule has 0 radical (unpaired) electrons. The van der Waals surface area contributed by atoms with Crippen molar-refractivity contribution in [2.45, 2.75) is 0 Å². The number of nitrogens with one attached hydrogen (secondary N) is 1. The predicted octanol–water partition coefficient (Wildman–Crippen LogP) is 2.30. The van der Waals surface area contributed by atoms with Crippen LogP contribution in [0, 0.1) is 0 Å². The van der Waals surface area contributed by atoms with E-state index >= 15 is 0 Å². The fourth-order valence-electron chi connectivity index (χ4n) is 0.884. The summed E-state index contributed by atoms with van der Waals surface area (Å²) in [6.07, 6.45) is 6.85. The molecule has 2 heterocycles. The number of aromatic nitrogens is 2. The lowest BCUT2D eigenvalue weighted by Crippen LogP contribution is -2.00. The third kappa shape index (κ3) is 5.17. The number of methoxy groups -OCH3 is 1. The molecule has 0 atom stereocenters. The van der Waals surface area contributed by atoms with Gasteiger partial charge in [-0.25, -0.2) is 4.79 Å². The maximum atomic E-state index is 10.8. The highest BCUT2D eigenvalue weighted by molar-refractivity contribution is 5.88. The number of hydrogen-bond donors (Lipinski definition) is 1. The van der Waals surface area contributed by atoms with Crippen molar-refractivity contribution in [3.63, 3.8) is 0 Å². The van der Waals surface area contributed by atoms with Crippen LogP contribution in [0.4, 0.5) is 0 Å². The molecule has 0 fully saturated rings. The van der Waals surface area contributed by atoms with Crippen molar-refractivity contribution in [2.75, 3.05) is 7.11 Å². The largest absolute Gasteiger partial charge is 0.465 e. The van der Waals surface area contributed by atoms with E-state index in [1.165, 1.54) is 7.11 Å². The molecular formula is C11H13ClN2O2. The van der Waals surface area contributed by atoms with Gasteiger partial charge in [0.05, 0.1) is 12.7 Å². The predicted molar refractivity (Wildman–Crippen MR) is 63.6 cm³/mol. The second-order valence-electron chi connectivity index (χ2n) is 2.61. The lowest BCUT2D eigenvalue weighted by molar-refractivity contribution is 0.0600. The maximum absolute atomic E-state index is 10.8. The molecule has 2 rings (SSSR count). The molecule has 0 aromatic carbocycles. The first kappa shape index (κ1) is 14.2. The summed E-state index contributed by atoms with van der Waals surface area (Å²) >= 11 is 0. The van der Waals surface area contributed by atoms with Crippen LogP contribution in [0.2, 0.25) is 0 Å². The minimum absolute atomic E-state index is 0. The van der Waals surface area contributed by atoms with Crippen molar-refractivity contribution in [1.82, 2.24) is 9.97 Å². The van der Waals surface area contributed by atoms with Gasteiger partial charge in [-0.15, -0.1) is 12.4 Å². The Kier molecular flexibility index (Phi) is 7.53. The summed E-state index contributed by atoms with van der Waals surface area (Å²) in [5.74, 6) is -0.331. The lowest BCUT2D eigenvalue weighted by Gasteiger charge is -1.95. The van der Waals surface area contributed by atoms with Crippen LogP contribution in [0.25, 0.3) is 0 Å². The topological polar surface area (TPSA) is 55.0 Å². The second kappa shape index (κ2) is 8.49. The molecule has 16 heavy (non-hydrogen) atoms. The monoisotopic (exact) mass is 240 g/mol. The Bertz CT molecular complexity index is 359. The van der Waals surface area contributed by atoms with Gasteiger partial charge < -0.3 is 9.72 Å². The van der Waals surface area contributed by atoms with Crippen molar-refractivity contribution in [1.29, 1.82) is 0 Å². The molecule has 1 N–H and O–H groups in total. The molecule has 0 bridgehead atoms. The minimum atomic E-state index is -0.331. The van der Waals surface area contributed by atoms with E-state index < -0.39 is 0 Å². The van der Waals surface area contributed by atoms with Gasteiger partial charge in [0.25, 0.3) is 0 Å². The fraction of sp³-hybridized carbons (Fsp3) is 0.0909. The van der Waals surface area contributed by atoms with E-state index in [4.69, 9.17) is 0 Å². The van der Waals surface area contributed by atoms with E-state index in [2.05, 4.69) is 14.7 Å². The standard InChI is InChI=1S/C7H7NO2.C4H5N.ClH/c1-10-7(9)6-2-4-8-5-3-6;1-2-4-5-3-1;/h2-5H,1H3;1-5H;1H. The van der Waals surface area contributed by atoms with Gasteiger partial charge in [0, 0.05) is 24.8 Å². The molecule has 2 aromatic heterocycles. The van der Waals surface area contributed by atoms with Crippen LogP contribution in [0.3, 0.4) is 0 Å². The third-order valence-electron chi connectivity index (χ3n) is 1.60. The Hall–Kier alpha value is -1.81. The lowest BCUT2D eigenvalue weighted by atomic mass is 10.3. The van der Waals surface area contributed by atoms with Gasteiger partial charge in [-0.1, -0.05) is 0 Å². The SMILES string of the molecule is COC(=O)c1ccncc1.Cl.c1cc[nH]c1. The van der Waals surface area contributed by atoms with Gasteiger partial charge >= 0.3 is 5.97 Å². The van der Waals surface area contributed by atoms with Gasteiger partial charge in [0.1, 0.15) is 0 Å². The highest BCUT2D eigenvalue weighted by Crippen LogP contribution is 1.96. The second-order valence-corrected chi connectivity index (χ2v) is 2.61. The van der Waals surface area contributed by atoms with Crippen molar-refractivity contribution in [3.05, 3.63) is 54.6 Å². The van der Waals surface area contributed by atoms with Crippen molar-refractivity contribution < 1.29 is 9.53 Å². The van der Waals surface area contributed by atoms with E-state index in [1.807, 2.05) is 24.5 Å². The zero-order valence-electron chi connectivity index (χ0n) is 8.79. The van der Waals surface area contributed by atoms with Crippen molar-refractivity contribution in [3.8, 4) is 0 Å². The summed E-state index contributed by atoms with van der Waals surface area (Å²) in [5.41, 5.74) is 0.525. The molecule has 0 saturated heterocycles. The molecule has 0 amide bonds. The van der Waals surface area contributed by atoms with Gasteiger partial charge in [0.2, 0.25) is 0 Å². The van der Waals surface area contributed by atoms with E-state index in [0.29, 0.717) is 5.56 Å². The van der Waals surface area contributed by atoms with Crippen molar-refractivity contribution in [2.24, 2.45) is 0 Å². The normalized spacial score (nSPS) is 8.06. The number of H-pyrrole nitrogens is 1. The average Bonchev–Trinajstić information content (AvgIpc) is 2.88. The molecule has 0 saturated carbocycles. The molecule has 4 nitrogen and oxygen atoms in total. The molecular weight excluding hydrogens is 228 g/mol. The van der Waals surface area contributed by atoms with Crippen LogP contribution in [0.1, 0.15) is 10.4 Å². The number of esters is 1. The summed E-state index contributed by atoms with van der Waals surface area (Å²) in [6.45, 7) is 0. The van der Waals surface area contributed by atoms with E-state index in [1.54, 1.807) is 24.5 Å². The zero-order valence-corrected chi connectivity index (χ0v) is 9.61. The Morgan fingerprint density at radius 2 is 1.81 bits per heavy atom. The third-order valence-corrected chi connectivity index (χ3v) is 1.60. The highest BCUT2D eigenvalue weighted by atomic mass is 35.5. The van der Waals surface area contributed by atoms with Crippen LogP contribution in [0.15, 0.2) is 49.1 Å². The number of carbonyl (C=O) groups is 1. The summed E-state index contributed by atoms with van der Waals surface area (Å²) in [6, 6.07) is 7.09. The quantitative estimate of drug-likeness (QED) is 0.779. The molecule has 5 heteroatoms. The number of hydrogen-bond acceptors (Lipinski definition) is 3. The number of halogens is 1. The van der Waals surface area contributed by atoms with Crippen LogP contribution >= 0.6 is 12.4 Å². The Balaban J connectivity index is 0.000000318. The molecule has 0 aliphatic carbocycles. The smallest absolute Gasteiger partial charge is 0.337 e. The molecule has 2 aromatic rings. The summed E-state index contributed by atoms with van der Waals surface area (Å²) in [7, 11) is 1.35. The van der Waals surface area contributed by atoms with Gasteiger partial charge in [-0.2, -0.15) is 0 Å². The fourth-order valence-corrected chi connectivity index (χ4v) is 0.884. The van der Waals surface area contributed by atoms with E-state index in [9.17, 15) is 4.79 Å². The number of pyridine rings is 1. The average molecular weight is 241 g/mol. The number of nitrogens with zero attached hydrogens (tertiary/aromatic N) is 1. The first-order valence-corrected chi connectivity index (χ1v) is 4.40. The molecule has 0 aliphatic rings. The van der Waals surface area contributed by atoms with E-state index in [-0.39, 0.29) is 18.4 Å². The van der Waals surface area contributed by atoms with Crippen LogP contribution in [-0.4, -0.2) is 23.0 Å². The first-order valence-electron chi connectivity index (χ1n) is 4.40. The van der Waals surface area contributed by atoms with Gasteiger partial charge in [0.15, 0.2) is 0 Å². The molecule has 0 spiro atoms. The van der Waals surface area contributed by atoms with Crippen molar-refractivity contribution >= 4 is 18.4 Å². The first-order chi connectivity index (χ1) is 7.34. The minimum Gasteiger partial charge on any atom is -0.465 e. The number of carbonyl (C=O) groups excluding carboxylic acids is 1. The summed E-state index contributed by atoms with van der Waals surface area (Å²) in [4.78, 5) is 17.4. The van der Waals surface area contributed by atoms with Crippen LogP contribution in [-0.2, 0) is 4.74 Å². The number of aromatic amines is 1. The van der Waals surface area contributed by atoms with E-state index in [0.717, 1.165) is 0 Å². The highest BCUT2D eigenvalue weighted by Gasteiger charge is 2.01. The van der Waals surface area contributed by atoms with Crippen LogP contribution < -0.4 is 0 Å². The summed E-state index contributed by atoms with van der Waals surface area (Å²) in [5, 5.41) is 0. The molecule has 0 unspecified atom stereocenters. The number of rotatable bonds is 1. The van der Waals surface area contributed by atoms with Gasteiger partial charge in [-0.05, 0) is 24.3 Å². The summed E-state index contributed by atoms with van der Waals surface area (Å²) < 4.78 is 4.47. The zero-order chi connectivity index (χ0) is 10.9.